The number of imidazole rings is 1. The summed E-state index contributed by atoms with van der Waals surface area (Å²) in [6.45, 7) is 6.08. The third-order valence-electron chi connectivity index (χ3n) is 6.21. The summed E-state index contributed by atoms with van der Waals surface area (Å²) < 4.78 is 30.8. The predicted molar refractivity (Wildman–Crippen MR) is 127 cm³/mol. The number of nitro groups is 2. The highest BCUT2D eigenvalue weighted by atomic mass is 28.4. The molecule has 1 heterocycles. The lowest BCUT2D eigenvalue weighted by Crippen LogP contribution is -2.39. The van der Waals surface area contributed by atoms with E-state index in [2.05, 4.69) is 9.72 Å². The van der Waals surface area contributed by atoms with Crippen molar-refractivity contribution in [3.05, 3.63) is 56.3 Å². The van der Waals surface area contributed by atoms with Gasteiger partial charge in [-0.15, -0.1) is 0 Å². The first-order valence-electron chi connectivity index (χ1n) is 11.0. The minimum Gasteiger partial charge on any atom is -0.435 e. The van der Waals surface area contributed by atoms with Gasteiger partial charge in [0, 0.05) is 13.1 Å². The number of hydrogen-bond donors (Lipinski definition) is 1. The minimum atomic E-state index is -2.95. The number of halogens is 2. The van der Waals surface area contributed by atoms with Gasteiger partial charge in [0.25, 0.3) is 0 Å². The molecule has 194 valence electrons. The highest BCUT2D eigenvalue weighted by Gasteiger charge is 2.37. The molecule has 11 nitrogen and oxygen atoms in total. The Balaban J connectivity index is 2.19. The molecule has 0 bridgehead atoms. The molecular formula is C21H31F2N5O6Si. The summed E-state index contributed by atoms with van der Waals surface area (Å²) in [5.41, 5.74) is 0.699. The summed E-state index contributed by atoms with van der Waals surface area (Å²) in [6.07, 6.45) is 2.48. The van der Waals surface area contributed by atoms with Crippen molar-refractivity contribution in [3.63, 3.8) is 0 Å². The number of benzene rings is 1. The Bertz CT molecular complexity index is 1030. The fraction of sp³-hybridized carbons (Fsp3) is 0.571. The van der Waals surface area contributed by atoms with E-state index >= 15 is 0 Å². The molecule has 0 atom stereocenters. The second-order valence-corrected chi connectivity index (χ2v) is 13.9. The quantitative estimate of drug-likeness (QED) is 0.220. The van der Waals surface area contributed by atoms with Crippen LogP contribution in [0.2, 0.25) is 18.1 Å². The van der Waals surface area contributed by atoms with Gasteiger partial charge in [0.1, 0.15) is 5.75 Å². The van der Waals surface area contributed by atoms with E-state index in [1.807, 2.05) is 31.8 Å². The van der Waals surface area contributed by atoms with Crippen LogP contribution in [0.4, 0.5) is 20.5 Å². The van der Waals surface area contributed by atoms with Crippen molar-refractivity contribution in [1.29, 1.82) is 0 Å². The van der Waals surface area contributed by atoms with Crippen molar-refractivity contribution >= 4 is 20.1 Å². The lowest BCUT2D eigenvalue weighted by molar-refractivity contribution is -0.403. The second-order valence-electron chi connectivity index (χ2n) is 9.46. The van der Waals surface area contributed by atoms with Gasteiger partial charge in [-0.3, -0.25) is 4.90 Å². The van der Waals surface area contributed by atoms with Crippen LogP contribution in [0.3, 0.4) is 0 Å². The summed E-state index contributed by atoms with van der Waals surface area (Å²) in [5.74, 6) is -1.22. The first kappa shape index (κ1) is 28.3. The van der Waals surface area contributed by atoms with Crippen LogP contribution in [-0.2, 0) is 13.1 Å². The molecule has 2 aromatic rings. The molecule has 1 aromatic carbocycles. The average Bonchev–Trinajstić information content (AvgIpc) is 3.16. The van der Waals surface area contributed by atoms with Crippen molar-refractivity contribution in [1.82, 2.24) is 14.5 Å². The van der Waals surface area contributed by atoms with Gasteiger partial charge in [0.2, 0.25) is 0 Å². The Morgan fingerprint density at radius 1 is 1.23 bits per heavy atom. The van der Waals surface area contributed by atoms with Crippen molar-refractivity contribution in [3.8, 4) is 5.75 Å². The molecule has 0 saturated heterocycles. The van der Waals surface area contributed by atoms with Crippen LogP contribution < -0.4 is 4.74 Å². The first-order chi connectivity index (χ1) is 16.2. The third-order valence-corrected chi connectivity index (χ3v) is 9.77. The normalized spacial score (nSPS) is 12.4. The molecule has 14 heteroatoms. The molecule has 0 aliphatic heterocycles. The maximum atomic E-state index is 12.6. The van der Waals surface area contributed by atoms with Gasteiger partial charge in [0.05, 0.1) is 6.54 Å². The van der Waals surface area contributed by atoms with Crippen molar-refractivity contribution in [2.75, 3.05) is 13.1 Å². The third kappa shape index (κ3) is 8.33. The van der Waals surface area contributed by atoms with Gasteiger partial charge in [-0.05, 0) is 70.0 Å². The number of rotatable bonds is 14. The highest BCUT2D eigenvalue weighted by Crippen LogP contribution is 2.39. The Labute approximate surface area is 202 Å². The van der Waals surface area contributed by atoms with E-state index in [1.54, 1.807) is 12.1 Å². The lowest BCUT2D eigenvalue weighted by Gasteiger charge is -2.35. The van der Waals surface area contributed by atoms with Gasteiger partial charge in [-0.1, -0.05) is 26.0 Å². The van der Waals surface area contributed by atoms with Gasteiger partial charge in [0.15, 0.2) is 14.5 Å². The van der Waals surface area contributed by atoms with Crippen LogP contribution in [0.5, 0.6) is 5.75 Å². The largest absolute Gasteiger partial charge is 0.439 e. The average molecular weight is 516 g/mol. The predicted octanol–water partition coefficient (Wildman–Crippen LogP) is 4.56. The second kappa shape index (κ2) is 11.6. The van der Waals surface area contributed by atoms with E-state index in [9.17, 15) is 33.8 Å². The molecule has 0 aliphatic rings. The Hall–Kier alpha value is -2.97. The van der Waals surface area contributed by atoms with Crippen molar-refractivity contribution in [2.24, 2.45) is 0 Å². The van der Waals surface area contributed by atoms with Gasteiger partial charge >= 0.3 is 18.4 Å². The van der Waals surface area contributed by atoms with Crippen LogP contribution in [0.15, 0.2) is 30.5 Å². The molecule has 0 saturated carbocycles. The number of nitrogens with zero attached hydrogens (tertiary/aromatic N) is 5. The highest BCUT2D eigenvalue weighted by molar-refractivity contribution is 6.72. The minimum absolute atomic E-state index is 0.0208. The van der Waals surface area contributed by atoms with Crippen LogP contribution in [-0.4, -0.2) is 57.1 Å². The standard InChI is InChI=1S/C21H31F2N5O6Si/c1-21(2,35(3,4)33)9-6-10-25(14-16-7-5-8-17(13-16)34-19(22)23)11-12-26-15-18(27(29)30)24-20(26)28(31)32/h5,7-8,13,15,19,33H,6,9-12,14H2,1-4H3. The fourth-order valence-corrected chi connectivity index (χ4v) is 4.23. The van der Waals surface area contributed by atoms with E-state index in [1.165, 1.54) is 12.1 Å². The van der Waals surface area contributed by atoms with Crippen LogP contribution >= 0.6 is 0 Å². The molecule has 0 radical (unpaired) electrons. The molecule has 0 unspecified atom stereocenters. The molecule has 35 heavy (non-hydrogen) atoms. The van der Waals surface area contributed by atoms with Gasteiger partial charge in [-0.2, -0.15) is 8.78 Å². The van der Waals surface area contributed by atoms with E-state index in [-0.39, 0.29) is 23.9 Å². The van der Waals surface area contributed by atoms with Gasteiger partial charge < -0.3 is 29.8 Å². The zero-order valence-electron chi connectivity index (χ0n) is 20.2. The smallest absolute Gasteiger partial charge is 0.435 e. The van der Waals surface area contributed by atoms with Crippen molar-refractivity contribution in [2.45, 2.75) is 64.5 Å². The maximum Gasteiger partial charge on any atom is 0.439 e. The van der Waals surface area contributed by atoms with Crippen molar-refractivity contribution < 1.29 is 28.2 Å². The molecule has 1 N–H and O–H groups in total. The summed E-state index contributed by atoms with van der Waals surface area (Å²) in [7, 11) is -2.41. The summed E-state index contributed by atoms with van der Waals surface area (Å²) in [4.78, 5) is 36.7. The van der Waals surface area contributed by atoms with E-state index < -0.39 is 36.5 Å². The number of alkyl halides is 2. The molecule has 0 amide bonds. The van der Waals surface area contributed by atoms with Crippen LogP contribution in [0.25, 0.3) is 0 Å². The zero-order chi connectivity index (χ0) is 26.4. The van der Waals surface area contributed by atoms with Gasteiger partial charge in [-0.25, -0.2) is 4.57 Å². The zero-order valence-corrected chi connectivity index (χ0v) is 21.2. The molecule has 0 spiro atoms. The van der Waals surface area contributed by atoms with E-state index in [4.69, 9.17) is 0 Å². The molecule has 2 rings (SSSR count). The molecule has 0 aliphatic carbocycles. The topological polar surface area (TPSA) is 137 Å². The summed E-state index contributed by atoms with van der Waals surface area (Å²) in [5, 5.41) is 22.1. The van der Waals surface area contributed by atoms with Crippen LogP contribution in [0, 0.1) is 20.2 Å². The Morgan fingerprint density at radius 3 is 2.49 bits per heavy atom. The SMILES string of the molecule is CC(C)(CCCN(CCn1cc([N+](=O)[O-])nc1[N+](=O)[O-])Cc1cccc(OC(F)F)c1)[Si](C)(C)O. The fourth-order valence-electron chi connectivity index (χ4n) is 3.44. The van der Waals surface area contributed by atoms with Crippen LogP contribution in [0.1, 0.15) is 32.3 Å². The monoisotopic (exact) mass is 515 g/mol. The lowest BCUT2D eigenvalue weighted by atomic mass is 10.1. The molecule has 0 fully saturated rings. The number of hydrogen-bond acceptors (Lipinski definition) is 8. The Morgan fingerprint density at radius 2 is 1.91 bits per heavy atom. The summed E-state index contributed by atoms with van der Waals surface area (Å²) >= 11 is 0. The molecular weight excluding hydrogens is 484 g/mol. The molecule has 1 aromatic heterocycles. The van der Waals surface area contributed by atoms with E-state index in [0.717, 1.165) is 17.2 Å². The maximum absolute atomic E-state index is 12.6. The Kier molecular flexibility index (Phi) is 9.40. The number of aromatic nitrogens is 2. The summed E-state index contributed by atoms with van der Waals surface area (Å²) in [6, 6.07) is 6.27. The van der Waals surface area contributed by atoms with E-state index in [0.29, 0.717) is 25.1 Å². The first-order valence-corrected chi connectivity index (χ1v) is 14.0. The number of ether oxygens (including phenoxy) is 1.